The predicted molar refractivity (Wildman–Crippen MR) is 66.6 cm³/mol. The zero-order chi connectivity index (χ0) is 11.6. The van der Waals surface area contributed by atoms with Gasteiger partial charge in [-0.25, -0.2) is 0 Å². The van der Waals surface area contributed by atoms with Crippen LogP contribution in [-0.4, -0.2) is 37.2 Å². The van der Waals surface area contributed by atoms with Gasteiger partial charge in [-0.15, -0.1) is 0 Å². The summed E-state index contributed by atoms with van der Waals surface area (Å²) in [6.45, 7) is 1.93. The first-order valence-corrected chi connectivity index (χ1v) is 5.83. The molecule has 1 aromatic rings. The molecule has 0 bridgehead atoms. The van der Waals surface area contributed by atoms with Crippen molar-refractivity contribution in [2.24, 2.45) is 0 Å². The minimum Gasteiger partial charge on any atom is -0.388 e. The second-order valence-corrected chi connectivity index (χ2v) is 4.66. The van der Waals surface area contributed by atoms with Crippen LogP contribution in [0.2, 0.25) is 0 Å². The van der Waals surface area contributed by atoms with Crippen LogP contribution >= 0.6 is 0 Å². The highest BCUT2D eigenvalue weighted by molar-refractivity contribution is 5.45. The van der Waals surface area contributed by atoms with Gasteiger partial charge in [0.2, 0.25) is 0 Å². The number of anilines is 1. The molecule has 0 aliphatic carbocycles. The molecule has 1 fully saturated rings. The number of piperidine rings is 1. The number of rotatable bonds is 2. The monoisotopic (exact) mass is 220 g/mol. The highest BCUT2D eigenvalue weighted by Crippen LogP contribution is 2.32. The van der Waals surface area contributed by atoms with Gasteiger partial charge in [0.05, 0.1) is 5.60 Å². The number of nitrogens with zero attached hydrogens (tertiary/aromatic N) is 1. The van der Waals surface area contributed by atoms with E-state index < -0.39 is 5.60 Å². The van der Waals surface area contributed by atoms with Gasteiger partial charge in [0.1, 0.15) is 0 Å². The fraction of sp³-hybridized carbons (Fsp3) is 0.538. The lowest BCUT2D eigenvalue weighted by Gasteiger charge is -2.37. The maximum Gasteiger partial charge on any atom is 0.0920 e. The molecule has 0 saturated carbocycles. The lowest BCUT2D eigenvalue weighted by Crippen LogP contribution is -2.40. The van der Waals surface area contributed by atoms with Gasteiger partial charge in [0, 0.05) is 25.8 Å². The second-order valence-electron chi connectivity index (χ2n) is 4.66. The third-order valence-electron chi connectivity index (χ3n) is 3.53. The first-order chi connectivity index (χ1) is 7.64. The largest absolute Gasteiger partial charge is 0.388 e. The molecule has 1 aromatic carbocycles. The Balaban J connectivity index is 2.16. The van der Waals surface area contributed by atoms with Crippen LogP contribution in [0.3, 0.4) is 0 Å². The van der Waals surface area contributed by atoms with E-state index in [1.807, 2.05) is 31.3 Å². The summed E-state index contributed by atoms with van der Waals surface area (Å²) >= 11 is 0. The summed E-state index contributed by atoms with van der Waals surface area (Å²) in [4.78, 5) is 2.26. The molecular weight excluding hydrogens is 200 g/mol. The van der Waals surface area contributed by atoms with Crippen molar-refractivity contribution in [3.05, 3.63) is 29.8 Å². The van der Waals surface area contributed by atoms with Gasteiger partial charge >= 0.3 is 0 Å². The Labute approximate surface area is 97.1 Å². The van der Waals surface area contributed by atoms with Gasteiger partial charge < -0.3 is 15.3 Å². The average molecular weight is 220 g/mol. The van der Waals surface area contributed by atoms with Crippen LogP contribution in [0.4, 0.5) is 5.69 Å². The average Bonchev–Trinajstić information content (AvgIpc) is 2.33. The molecule has 2 N–H and O–H groups in total. The Bertz CT molecular complexity index is 339. The molecule has 88 valence electrons. The number of likely N-dealkylation sites (tertiary alicyclic amines) is 1. The number of hydrogen-bond acceptors (Lipinski definition) is 3. The Morgan fingerprint density at radius 3 is 2.25 bits per heavy atom. The Hall–Kier alpha value is -1.06. The summed E-state index contributed by atoms with van der Waals surface area (Å²) in [5.74, 6) is 0. The molecule has 3 heteroatoms. The van der Waals surface area contributed by atoms with Crippen LogP contribution < -0.4 is 5.32 Å². The van der Waals surface area contributed by atoms with E-state index in [1.165, 1.54) is 0 Å². The van der Waals surface area contributed by atoms with Crippen molar-refractivity contribution in [1.29, 1.82) is 0 Å². The van der Waals surface area contributed by atoms with Crippen LogP contribution in [-0.2, 0) is 5.60 Å². The van der Waals surface area contributed by atoms with Crippen molar-refractivity contribution in [3.8, 4) is 0 Å². The quantitative estimate of drug-likeness (QED) is 0.795. The van der Waals surface area contributed by atoms with Gasteiger partial charge in [-0.1, -0.05) is 12.1 Å². The Morgan fingerprint density at radius 2 is 1.75 bits per heavy atom. The molecule has 0 aromatic heterocycles. The van der Waals surface area contributed by atoms with Gasteiger partial charge in [-0.2, -0.15) is 0 Å². The van der Waals surface area contributed by atoms with Crippen molar-refractivity contribution >= 4 is 5.69 Å². The van der Waals surface area contributed by atoms with E-state index in [0.29, 0.717) is 0 Å². The molecule has 3 nitrogen and oxygen atoms in total. The van der Waals surface area contributed by atoms with Crippen LogP contribution in [0.5, 0.6) is 0 Å². The molecule has 0 spiro atoms. The fourth-order valence-electron chi connectivity index (χ4n) is 2.22. The maximum absolute atomic E-state index is 10.6. The number of nitrogens with one attached hydrogen (secondary N) is 1. The molecular formula is C13H20N2O. The van der Waals surface area contributed by atoms with E-state index in [4.69, 9.17) is 0 Å². The molecule has 1 heterocycles. The highest BCUT2D eigenvalue weighted by Gasteiger charge is 2.32. The third kappa shape index (κ3) is 2.20. The standard InChI is InChI=1S/C13H20N2O/c1-14-12-5-3-11(4-6-12)13(16)7-9-15(2)10-8-13/h3-6,14,16H,7-10H2,1-2H3. The number of hydrogen-bond donors (Lipinski definition) is 2. The van der Waals surface area contributed by atoms with E-state index in [2.05, 4.69) is 17.3 Å². The fourth-order valence-corrected chi connectivity index (χ4v) is 2.22. The van der Waals surface area contributed by atoms with Gasteiger partial charge in [0.25, 0.3) is 0 Å². The van der Waals surface area contributed by atoms with Crippen LogP contribution in [0, 0.1) is 0 Å². The molecule has 2 rings (SSSR count). The van der Waals surface area contributed by atoms with Crippen LogP contribution in [0.1, 0.15) is 18.4 Å². The molecule has 0 unspecified atom stereocenters. The lowest BCUT2D eigenvalue weighted by molar-refractivity contribution is -0.0203. The summed E-state index contributed by atoms with van der Waals surface area (Å²) in [7, 11) is 4.00. The van der Waals surface area contributed by atoms with Crippen molar-refractivity contribution in [1.82, 2.24) is 4.90 Å². The molecule has 0 atom stereocenters. The minimum absolute atomic E-state index is 0.626. The van der Waals surface area contributed by atoms with Gasteiger partial charge in [-0.3, -0.25) is 0 Å². The van der Waals surface area contributed by atoms with Gasteiger partial charge in [0.15, 0.2) is 0 Å². The molecule has 16 heavy (non-hydrogen) atoms. The van der Waals surface area contributed by atoms with Crippen LogP contribution in [0.15, 0.2) is 24.3 Å². The summed E-state index contributed by atoms with van der Waals surface area (Å²) in [6.07, 6.45) is 1.64. The maximum atomic E-state index is 10.6. The van der Waals surface area contributed by atoms with Crippen molar-refractivity contribution in [3.63, 3.8) is 0 Å². The van der Waals surface area contributed by atoms with Crippen molar-refractivity contribution < 1.29 is 5.11 Å². The summed E-state index contributed by atoms with van der Waals surface area (Å²) in [6, 6.07) is 8.09. The van der Waals surface area contributed by atoms with Crippen molar-refractivity contribution in [2.45, 2.75) is 18.4 Å². The Kier molecular flexibility index (Phi) is 3.17. The zero-order valence-corrected chi connectivity index (χ0v) is 10.0. The highest BCUT2D eigenvalue weighted by atomic mass is 16.3. The number of benzene rings is 1. The molecule has 0 amide bonds. The molecule has 1 saturated heterocycles. The van der Waals surface area contributed by atoms with E-state index >= 15 is 0 Å². The zero-order valence-electron chi connectivity index (χ0n) is 10.0. The Morgan fingerprint density at radius 1 is 1.19 bits per heavy atom. The van der Waals surface area contributed by atoms with E-state index in [-0.39, 0.29) is 0 Å². The van der Waals surface area contributed by atoms with E-state index in [1.54, 1.807) is 0 Å². The van der Waals surface area contributed by atoms with E-state index in [0.717, 1.165) is 37.2 Å². The first kappa shape index (κ1) is 11.4. The predicted octanol–water partition coefficient (Wildman–Crippen LogP) is 1.64. The smallest absolute Gasteiger partial charge is 0.0920 e. The third-order valence-corrected chi connectivity index (χ3v) is 3.53. The number of aliphatic hydroxyl groups is 1. The SMILES string of the molecule is CNc1ccc(C2(O)CCN(C)CC2)cc1. The lowest BCUT2D eigenvalue weighted by atomic mass is 9.84. The summed E-state index contributed by atoms with van der Waals surface area (Å²) in [5.41, 5.74) is 1.50. The minimum atomic E-state index is -0.626. The van der Waals surface area contributed by atoms with Crippen LogP contribution in [0.25, 0.3) is 0 Å². The molecule has 1 aliphatic heterocycles. The molecule has 1 aliphatic rings. The second kappa shape index (κ2) is 4.44. The topological polar surface area (TPSA) is 35.5 Å². The first-order valence-electron chi connectivity index (χ1n) is 5.83. The van der Waals surface area contributed by atoms with E-state index in [9.17, 15) is 5.11 Å². The summed E-state index contributed by atoms with van der Waals surface area (Å²) in [5, 5.41) is 13.7. The normalized spacial score (nSPS) is 20.7. The summed E-state index contributed by atoms with van der Waals surface area (Å²) < 4.78 is 0. The van der Waals surface area contributed by atoms with Crippen molar-refractivity contribution in [2.75, 3.05) is 32.5 Å². The molecule has 0 radical (unpaired) electrons. The van der Waals surface area contributed by atoms with Gasteiger partial charge in [-0.05, 0) is 37.6 Å².